The van der Waals surface area contributed by atoms with E-state index in [0.717, 1.165) is 18.4 Å². The summed E-state index contributed by atoms with van der Waals surface area (Å²) in [5, 5.41) is 3.32. The molecule has 2 rings (SSSR count). The van der Waals surface area contributed by atoms with Gasteiger partial charge in [0.25, 0.3) is 0 Å². The molecule has 19 heavy (non-hydrogen) atoms. The zero-order chi connectivity index (χ0) is 14.0. The number of hydrogen-bond acceptors (Lipinski definition) is 2. The lowest BCUT2D eigenvalue weighted by Gasteiger charge is -2.27. The zero-order valence-electron chi connectivity index (χ0n) is 11.6. The molecule has 4 heteroatoms. The van der Waals surface area contributed by atoms with E-state index in [9.17, 15) is 8.78 Å². The zero-order valence-corrected chi connectivity index (χ0v) is 11.6. The van der Waals surface area contributed by atoms with Gasteiger partial charge in [0.05, 0.1) is 0 Å². The van der Waals surface area contributed by atoms with Crippen molar-refractivity contribution >= 4 is 0 Å². The lowest BCUT2D eigenvalue weighted by molar-refractivity contribution is -0.0499. The predicted molar refractivity (Wildman–Crippen MR) is 71.5 cm³/mol. The normalized spacial score (nSPS) is 26.9. The maximum Gasteiger partial charge on any atom is 0.387 e. The lowest BCUT2D eigenvalue weighted by Crippen LogP contribution is -2.26. The maximum atomic E-state index is 12.3. The van der Waals surface area contributed by atoms with Gasteiger partial charge in [-0.05, 0) is 55.0 Å². The van der Waals surface area contributed by atoms with E-state index in [1.54, 1.807) is 12.1 Å². The molecular weight excluding hydrogens is 248 g/mol. The molecule has 106 valence electrons. The van der Waals surface area contributed by atoms with Gasteiger partial charge in [0.1, 0.15) is 5.75 Å². The van der Waals surface area contributed by atoms with Crippen LogP contribution in [0.15, 0.2) is 18.2 Å². The lowest BCUT2D eigenvalue weighted by atomic mass is 9.86. The van der Waals surface area contributed by atoms with Gasteiger partial charge in [-0.2, -0.15) is 8.78 Å². The number of benzene rings is 1. The van der Waals surface area contributed by atoms with Crippen LogP contribution in [-0.4, -0.2) is 13.7 Å². The molecule has 3 unspecified atom stereocenters. The molecule has 3 atom stereocenters. The van der Waals surface area contributed by atoms with E-state index in [1.165, 1.54) is 5.56 Å². The summed E-state index contributed by atoms with van der Waals surface area (Å²) < 4.78 is 29.1. The number of fused-ring (bicyclic) bond motifs is 1. The first kappa shape index (κ1) is 14.3. The van der Waals surface area contributed by atoms with Gasteiger partial charge >= 0.3 is 6.61 Å². The third kappa shape index (κ3) is 3.06. The molecule has 0 aromatic heterocycles. The van der Waals surface area contributed by atoms with E-state index in [1.807, 2.05) is 13.1 Å². The van der Waals surface area contributed by atoms with Gasteiger partial charge in [0, 0.05) is 6.04 Å². The van der Waals surface area contributed by atoms with Crippen molar-refractivity contribution in [2.24, 2.45) is 11.8 Å². The van der Waals surface area contributed by atoms with Crippen LogP contribution in [0.4, 0.5) is 8.78 Å². The first-order valence-corrected chi connectivity index (χ1v) is 6.77. The molecule has 0 spiro atoms. The number of halogens is 2. The number of ether oxygens (including phenoxy) is 1. The molecule has 1 aliphatic rings. The van der Waals surface area contributed by atoms with Crippen LogP contribution in [0.2, 0.25) is 0 Å². The van der Waals surface area contributed by atoms with E-state index in [2.05, 4.69) is 23.9 Å². The standard InChI is InChI=1S/C15H21F2NO/c1-9-4-5-11-6-7-12(19-15(16)17)8-13(11)14(18-3)10(9)2/h6-10,14-15,18H,4-5H2,1-3H3. The highest BCUT2D eigenvalue weighted by molar-refractivity contribution is 5.39. The summed E-state index contributed by atoms with van der Waals surface area (Å²) in [5.41, 5.74) is 2.33. The van der Waals surface area contributed by atoms with Gasteiger partial charge in [-0.3, -0.25) is 0 Å². The highest BCUT2D eigenvalue weighted by atomic mass is 19.3. The molecule has 0 bridgehead atoms. The molecule has 0 aliphatic heterocycles. The van der Waals surface area contributed by atoms with Crippen molar-refractivity contribution in [3.8, 4) is 5.75 Å². The van der Waals surface area contributed by atoms with Crippen LogP contribution < -0.4 is 10.1 Å². The molecule has 2 nitrogen and oxygen atoms in total. The number of aryl methyl sites for hydroxylation is 1. The van der Waals surface area contributed by atoms with E-state index in [0.29, 0.717) is 11.8 Å². The largest absolute Gasteiger partial charge is 0.435 e. The summed E-state index contributed by atoms with van der Waals surface area (Å²) in [5.74, 6) is 1.31. The molecule has 1 aromatic carbocycles. The molecule has 0 amide bonds. The number of alkyl halides is 2. The third-order valence-corrected chi connectivity index (χ3v) is 4.28. The van der Waals surface area contributed by atoms with Gasteiger partial charge < -0.3 is 10.1 Å². The average molecular weight is 269 g/mol. The van der Waals surface area contributed by atoms with Gasteiger partial charge in [0.2, 0.25) is 0 Å². The Morgan fingerprint density at radius 1 is 1.32 bits per heavy atom. The Morgan fingerprint density at radius 2 is 2.05 bits per heavy atom. The fourth-order valence-electron chi connectivity index (χ4n) is 2.94. The Kier molecular flexibility index (Phi) is 4.40. The summed E-state index contributed by atoms with van der Waals surface area (Å²) in [6, 6.07) is 5.51. The molecule has 1 aliphatic carbocycles. The number of nitrogens with one attached hydrogen (secondary N) is 1. The minimum Gasteiger partial charge on any atom is -0.435 e. The minimum absolute atomic E-state index is 0.189. The molecule has 0 radical (unpaired) electrons. The Labute approximate surface area is 113 Å². The minimum atomic E-state index is -2.77. The van der Waals surface area contributed by atoms with Crippen LogP contribution in [-0.2, 0) is 6.42 Å². The van der Waals surface area contributed by atoms with Gasteiger partial charge in [-0.15, -0.1) is 0 Å². The Bertz CT molecular complexity index is 436. The number of rotatable bonds is 3. The smallest absolute Gasteiger partial charge is 0.387 e. The highest BCUT2D eigenvalue weighted by Crippen LogP contribution is 2.37. The fourth-order valence-corrected chi connectivity index (χ4v) is 2.94. The van der Waals surface area contributed by atoms with Crippen LogP contribution >= 0.6 is 0 Å². The molecule has 1 aromatic rings. The predicted octanol–water partition coefficient (Wildman–Crippen LogP) is 3.77. The van der Waals surface area contributed by atoms with E-state index in [-0.39, 0.29) is 11.8 Å². The molecular formula is C15H21F2NO. The van der Waals surface area contributed by atoms with E-state index in [4.69, 9.17) is 0 Å². The topological polar surface area (TPSA) is 21.3 Å². The summed E-state index contributed by atoms with van der Waals surface area (Å²) >= 11 is 0. The summed E-state index contributed by atoms with van der Waals surface area (Å²) in [6.07, 6.45) is 2.12. The van der Waals surface area contributed by atoms with Crippen LogP contribution in [0.25, 0.3) is 0 Å². The monoisotopic (exact) mass is 269 g/mol. The molecule has 0 fully saturated rings. The van der Waals surface area contributed by atoms with Gasteiger partial charge in [0.15, 0.2) is 0 Å². The van der Waals surface area contributed by atoms with Crippen molar-refractivity contribution in [2.75, 3.05) is 7.05 Å². The SMILES string of the molecule is CNC1c2cc(OC(F)F)ccc2CCC(C)C1C. The second kappa shape index (κ2) is 5.87. The summed E-state index contributed by atoms with van der Waals surface area (Å²) in [4.78, 5) is 0. The van der Waals surface area contributed by atoms with Crippen LogP contribution in [0, 0.1) is 11.8 Å². The summed E-state index contributed by atoms with van der Waals surface area (Å²) in [7, 11) is 1.92. The number of hydrogen-bond donors (Lipinski definition) is 1. The van der Waals surface area contributed by atoms with E-state index < -0.39 is 6.61 Å². The van der Waals surface area contributed by atoms with Crippen molar-refractivity contribution in [3.63, 3.8) is 0 Å². The van der Waals surface area contributed by atoms with E-state index >= 15 is 0 Å². The molecule has 1 N–H and O–H groups in total. The van der Waals surface area contributed by atoms with Crippen LogP contribution in [0.1, 0.15) is 37.4 Å². The maximum absolute atomic E-state index is 12.3. The Morgan fingerprint density at radius 3 is 2.68 bits per heavy atom. The highest BCUT2D eigenvalue weighted by Gasteiger charge is 2.28. The van der Waals surface area contributed by atoms with Crippen LogP contribution in [0.3, 0.4) is 0 Å². The van der Waals surface area contributed by atoms with Crippen molar-refractivity contribution in [3.05, 3.63) is 29.3 Å². The van der Waals surface area contributed by atoms with Gasteiger partial charge in [-0.1, -0.05) is 19.9 Å². The van der Waals surface area contributed by atoms with Crippen LogP contribution in [0.5, 0.6) is 5.75 Å². The molecule has 0 saturated heterocycles. The van der Waals surface area contributed by atoms with Crippen molar-refractivity contribution < 1.29 is 13.5 Å². The summed E-state index contributed by atoms with van der Waals surface area (Å²) in [6.45, 7) is 1.69. The third-order valence-electron chi connectivity index (χ3n) is 4.28. The fraction of sp³-hybridized carbons (Fsp3) is 0.600. The molecule has 0 saturated carbocycles. The first-order valence-electron chi connectivity index (χ1n) is 6.77. The Hall–Kier alpha value is -1.16. The Balaban J connectivity index is 2.37. The van der Waals surface area contributed by atoms with Crippen molar-refractivity contribution in [1.29, 1.82) is 0 Å². The van der Waals surface area contributed by atoms with Crippen molar-refractivity contribution in [1.82, 2.24) is 5.32 Å². The second-order valence-electron chi connectivity index (χ2n) is 5.38. The second-order valence-corrected chi connectivity index (χ2v) is 5.38. The molecule has 0 heterocycles. The first-order chi connectivity index (χ1) is 9.02. The average Bonchev–Trinajstić information content (AvgIpc) is 2.47. The quantitative estimate of drug-likeness (QED) is 0.843. The van der Waals surface area contributed by atoms with Crippen molar-refractivity contribution in [2.45, 2.75) is 39.3 Å². The van der Waals surface area contributed by atoms with Gasteiger partial charge in [-0.25, -0.2) is 0 Å².